The average molecular weight is 390 g/mol. The molecule has 1 atom stereocenters. The minimum Gasteiger partial charge on any atom is -0.484 e. The molecule has 0 aromatic heterocycles. The summed E-state index contributed by atoms with van der Waals surface area (Å²) < 4.78 is 10.7. The Balaban J connectivity index is 1.75. The monoisotopic (exact) mass is 390 g/mol. The molecule has 1 aliphatic heterocycles. The topological polar surface area (TPSA) is 109 Å². The van der Waals surface area contributed by atoms with E-state index in [4.69, 9.17) is 9.47 Å². The fraction of sp³-hybridized carbons (Fsp3) is 0.474. The molecule has 2 N–H and O–H groups in total. The van der Waals surface area contributed by atoms with Crippen molar-refractivity contribution in [3.8, 4) is 5.75 Å². The Labute approximate surface area is 164 Å². The van der Waals surface area contributed by atoms with E-state index in [1.54, 1.807) is 29.2 Å². The molecule has 1 saturated heterocycles. The Morgan fingerprint density at radius 3 is 2.54 bits per heavy atom. The highest BCUT2D eigenvalue weighted by molar-refractivity contribution is 6.35. The van der Waals surface area contributed by atoms with Gasteiger partial charge in [-0.15, -0.1) is 0 Å². The molecule has 1 aliphatic rings. The van der Waals surface area contributed by atoms with E-state index >= 15 is 0 Å². The molecular formula is C19H26N4O5. The molecule has 0 aliphatic carbocycles. The van der Waals surface area contributed by atoms with Crippen molar-refractivity contribution >= 4 is 23.9 Å². The zero-order valence-electron chi connectivity index (χ0n) is 16.1. The summed E-state index contributed by atoms with van der Waals surface area (Å²) in [5.74, 6) is -1.07. The fourth-order valence-corrected chi connectivity index (χ4v) is 2.31. The van der Waals surface area contributed by atoms with Crippen LogP contribution in [0.25, 0.3) is 0 Å². The second-order valence-electron chi connectivity index (χ2n) is 6.33. The van der Waals surface area contributed by atoms with Crippen molar-refractivity contribution in [3.05, 3.63) is 29.8 Å². The van der Waals surface area contributed by atoms with Gasteiger partial charge in [0.2, 0.25) is 0 Å². The molecule has 9 nitrogen and oxygen atoms in total. The molecule has 1 aromatic rings. The van der Waals surface area contributed by atoms with E-state index in [1.165, 1.54) is 6.21 Å². The summed E-state index contributed by atoms with van der Waals surface area (Å²) in [6.07, 6.45) is 2.14. The van der Waals surface area contributed by atoms with Crippen LogP contribution >= 0.6 is 0 Å². The summed E-state index contributed by atoms with van der Waals surface area (Å²) in [5, 5.41) is 6.31. The van der Waals surface area contributed by atoms with E-state index in [9.17, 15) is 14.4 Å². The van der Waals surface area contributed by atoms with Crippen molar-refractivity contribution in [2.75, 3.05) is 32.9 Å². The number of rotatable bonds is 7. The zero-order valence-corrected chi connectivity index (χ0v) is 16.1. The smallest absolute Gasteiger partial charge is 0.329 e. The minimum atomic E-state index is -0.821. The normalized spacial score (nSPS) is 15.1. The van der Waals surface area contributed by atoms with E-state index in [0.29, 0.717) is 37.6 Å². The van der Waals surface area contributed by atoms with E-state index < -0.39 is 11.8 Å². The lowest BCUT2D eigenvalue weighted by Crippen LogP contribution is -2.42. The summed E-state index contributed by atoms with van der Waals surface area (Å²) in [6.45, 7) is 5.96. The molecular weight excluding hydrogens is 364 g/mol. The first-order valence-electron chi connectivity index (χ1n) is 9.22. The molecule has 28 heavy (non-hydrogen) atoms. The van der Waals surface area contributed by atoms with Gasteiger partial charge in [-0.05, 0) is 43.2 Å². The van der Waals surface area contributed by atoms with Crippen molar-refractivity contribution < 1.29 is 23.9 Å². The standard InChI is InChI=1S/C19H26N4O5/c1-3-14(2)21-18(25)19(26)22-20-12-15-4-6-16(7-5-15)28-13-17(24)23-8-10-27-11-9-23/h4-7,12,14H,3,8-11,13H2,1-2H3,(H,21,25)(H,22,26)/b20-12-/t14-/m0/s1. The van der Waals surface area contributed by atoms with Gasteiger partial charge in [0, 0.05) is 19.1 Å². The maximum Gasteiger partial charge on any atom is 0.329 e. The summed E-state index contributed by atoms with van der Waals surface area (Å²) >= 11 is 0. The van der Waals surface area contributed by atoms with Crippen LogP contribution in [0.4, 0.5) is 0 Å². The van der Waals surface area contributed by atoms with Gasteiger partial charge in [0.05, 0.1) is 19.4 Å². The van der Waals surface area contributed by atoms with Crippen molar-refractivity contribution in [2.24, 2.45) is 5.10 Å². The number of hydrogen-bond acceptors (Lipinski definition) is 6. The number of morpholine rings is 1. The Bertz CT molecular complexity index is 699. The van der Waals surface area contributed by atoms with Gasteiger partial charge in [-0.1, -0.05) is 6.92 Å². The second kappa shape index (κ2) is 11.0. The van der Waals surface area contributed by atoms with Gasteiger partial charge in [0.15, 0.2) is 6.61 Å². The molecule has 3 amide bonds. The van der Waals surface area contributed by atoms with E-state index in [-0.39, 0.29) is 18.6 Å². The van der Waals surface area contributed by atoms with Crippen molar-refractivity contribution in [3.63, 3.8) is 0 Å². The molecule has 152 valence electrons. The van der Waals surface area contributed by atoms with Crippen LogP contribution in [0.15, 0.2) is 29.4 Å². The largest absolute Gasteiger partial charge is 0.484 e. The number of hydrazone groups is 1. The van der Waals surface area contributed by atoms with Gasteiger partial charge in [0.1, 0.15) is 5.75 Å². The third-order valence-corrected chi connectivity index (χ3v) is 4.18. The summed E-state index contributed by atoms with van der Waals surface area (Å²) in [5.41, 5.74) is 2.88. The van der Waals surface area contributed by atoms with Crippen LogP contribution in [-0.2, 0) is 19.1 Å². The predicted octanol–water partition coefficient (Wildman–Crippen LogP) is 0.289. The van der Waals surface area contributed by atoms with Gasteiger partial charge in [0.25, 0.3) is 5.91 Å². The number of ether oxygens (including phenoxy) is 2. The van der Waals surface area contributed by atoms with Crippen LogP contribution in [0.1, 0.15) is 25.8 Å². The summed E-state index contributed by atoms with van der Waals surface area (Å²) in [7, 11) is 0. The lowest BCUT2D eigenvalue weighted by molar-refractivity contribution is -0.139. The van der Waals surface area contributed by atoms with Crippen LogP contribution in [0.5, 0.6) is 5.75 Å². The lowest BCUT2D eigenvalue weighted by Gasteiger charge is -2.26. The average Bonchev–Trinajstić information content (AvgIpc) is 2.73. The Morgan fingerprint density at radius 1 is 1.21 bits per heavy atom. The third kappa shape index (κ3) is 6.99. The second-order valence-corrected chi connectivity index (χ2v) is 6.33. The molecule has 1 heterocycles. The Hall–Kier alpha value is -2.94. The van der Waals surface area contributed by atoms with E-state index in [2.05, 4.69) is 15.8 Å². The third-order valence-electron chi connectivity index (χ3n) is 4.18. The number of carbonyl (C=O) groups is 3. The van der Waals surface area contributed by atoms with E-state index in [1.807, 2.05) is 13.8 Å². The number of benzene rings is 1. The van der Waals surface area contributed by atoms with Gasteiger partial charge in [-0.2, -0.15) is 5.10 Å². The highest BCUT2D eigenvalue weighted by Crippen LogP contribution is 2.11. The summed E-state index contributed by atoms with van der Waals surface area (Å²) in [4.78, 5) is 37.0. The lowest BCUT2D eigenvalue weighted by atomic mass is 10.2. The molecule has 1 aromatic carbocycles. The first-order valence-corrected chi connectivity index (χ1v) is 9.22. The minimum absolute atomic E-state index is 0.0329. The maximum absolute atomic E-state index is 12.0. The Morgan fingerprint density at radius 2 is 1.89 bits per heavy atom. The zero-order chi connectivity index (χ0) is 20.4. The highest BCUT2D eigenvalue weighted by atomic mass is 16.5. The molecule has 0 radical (unpaired) electrons. The molecule has 0 spiro atoms. The highest BCUT2D eigenvalue weighted by Gasteiger charge is 2.17. The number of nitrogens with zero attached hydrogens (tertiary/aromatic N) is 2. The van der Waals surface area contributed by atoms with Crippen LogP contribution in [0, 0.1) is 0 Å². The van der Waals surface area contributed by atoms with Crippen LogP contribution in [0.2, 0.25) is 0 Å². The number of amides is 3. The number of carbonyl (C=O) groups excluding carboxylic acids is 3. The predicted molar refractivity (Wildman–Crippen MR) is 103 cm³/mol. The Kier molecular flexibility index (Phi) is 8.41. The molecule has 0 unspecified atom stereocenters. The first-order chi connectivity index (χ1) is 13.5. The quantitative estimate of drug-likeness (QED) is 0.395. The first kappa shape index (κ1) is 21.4. The van der Waals surface area contributed by atoms with Crippen LogP contribution < -0.4 is 15.5 Å². The van der Waals surface area contributed by atoms with Crippen LogP contribution in [-0.4, -0.2) is 67.8 Å². The van der Waals surface area contributed by atoms with Gasteiger partial charge in [-0.25, -0.2) is 5.43 Å². The molecule has 1 fully saturated rings. The van der Waals surface area contributed by atoms with Crippen molar-refractivity contribution in [1.82, 2.24) is 15.6 Å². The maximum atomic E-state index is 12.0. The van der Waals surface area contributed by atoms with E-state index in [0.717, 1.165) is 6.42 Å². The molecule has 9 heteroatoms. The van der Waals surface area contributed by atoms with Gasteiger partial charge in [-0.3, -0.25) is 14.4 Å². The van der Waals surface area contributed by atoms with Crippen molar-refractivity contribution in [2.45, 2.75) is 26.3 Å². The van der Waals surface area contributed by atoms with Gasteiger partial charge >= 0.3 is 11.8 Å². The van der Waals surface area contributed by atoms with Gasteiger partial charge < -0.3 is 19.7 Å². The molecule has 0 saturated carbocycles. The fourth-order valence-electron chi connectivity index (χ4n) is 2.31. The number of hydrogen-bond donors (Lipinski definition) is 2. The number of nitrogens with one attached hydrogen (secondary N) is 2. The SMILES string of the molecule is CC[C@H](C)NC(=O)C(=O)N/N=C\c1ccc(OCC(=O)N2CCOCC2)cc1. The summed E-state index contributed by atoms with van der Waals surface area (Å²) in [6, 6.07) is 6.77. The van der Waals surface area contributed by atoms with Crippen molar-refractivity contribution in [1.29, 1.82) is 0 Å². The molecule has 0 bridgehead atoms. The molecule has 2 rings (SSSR count). The van der Waals surface area contributed by atoms with Crippen LogP contribution in [0.3, 0.4) is 0 Å².